The fraction of sp³-hybridized carbons (Fsp3) is 0.125. The van der Waals surface area contributed by atoms with Crippen LogP contribution in [0.25, 0.3) is 0 Å². The van der Waals surface area contributed by atoms with Crippen LogP contribution in [0.2, 0.25) is 0 Å². The first-order valence-electron chi connectivity index (χ1n) is 3.50. The number of rotatable bonds is 3. The van der Waals surface area contributed by atoms with E-state index in [0.717, 1.165) is 0 Å². The summed E-state index contributed by atoms with van der Waals surface area (Å²) < 4.78 is 26.8. The summed E-state index contributed by atoms with van der Waals surface area (Å²) in [6.07, 6.45) is 1.61. The minimum atomic E-state index is -3.85. The van der Waals surface area contributed by atoms with Crippen molar-refractivity contribution >= 4 is 26.0 Å². The summed E-state index contributed by atoms with van der Waals surface area (Å²) >= 11 is 0. The first-order valence-corrected chi connectivity index (χ1v) is 5.81. The maximum absolute atomic E-state index is 11.0. The van der Waals surface area contributed by atoms with E-state index in [2.05, 4.69) is 0 Å². The maximum Gasteiger partial charge on any atom is 0.264 e. The second kappa shape index (κ2) is 3.98. The van der Waals surface area contributed by atoms with Gasteiger partial charge in [-0.2, -0.15) is 0 Å². The van der Waals surface area contributed by atoms with Crippen molar-refractivity contribution in [1.82, 2.24) is 0 Å². The van der Waals surface area contributed by atoms with Crippen LogP contribution in [-0.2, 0) is 13.8 Å². The third-order valence-electron chi connectivity index (χ3n) is 1.54. The zero-order chi connectivity index (χ0) is 10.8. The quantitative estimate of drug-likeness (QED) is 0.733. The van der Waals surface area contributed by atoms with E-state index in [4.69, 9.17) is 15.4 Å². The fourth-order valence-corrected chi connectivity index (χ4v) is 1.93. The van der Waals surface area contributed by atoms with Crippen molar-refractivity contribution in [2.45, 2.75) is 4.90 Å². The van der Waals surface area contributed by atoms with Crippen molar-refractivity contribution in [1.29, 1.82) is 0 Å². The van der Waals surface area contributed by atoms with Crippen molar-refractivity contribution < 1.29 is 17.9 Å². The molecule has 0 atom stereocenters. The molecule has 4 nitrogen and oxygen atoms in total. The van der Waals surface area contributed by atoms with Crippen LogP contribution < -0.4 is 4.74 Å². The number of hydrogen-bond donors (Lipinski definition) is 0. The first-order chi connectivity index (χ1) is 6.49. The van der Waals surface area contributed by atoms with E-state index in [9.17, 15) is 13.2 Å². The maximum atomic E-state index is 11.0. The minimum absolute atomic E-state index is 0.0286. The summed E-state index contributed by atoms with van der Waals surface area (Å²) in [6.45, 7) is 0. The van der Waals surface area contributed by atoms with Crippen LogP contribution in [0.1, 0.15) is 5.56 Å². The van der Waals surface area contributed by atoms with Gasteiger partial charge in [-0.1, -0.05) is 0 Å². The van der Waals surface area contributed by atoms with Crippen LogP contribution in [0.5, 0.6) is 5.75 Å². The van der Waals surface area contributed by atoms with Crippen LogP contribution in [0.3, 0.4) is 0 Å². The van der Waals surface area contributed by atoms with Crippen molar-refractivity contribution in [2.75, 3.05) is 7.11 Å². The van der Waals surface area contributed by atoms with E-state index >= 15 is 0 Å². The predicted molar refractivity (Wildman–Crippen MR) is 50.8 cm³/mol. The Bertz CT molecular complexity index is 452. The molecule has 0 aliphatic heterocycles. The van der Waals surface area contributed by atoms with Crippen LogP contribution in [0.15, 0.2) is 23.1 Å². The minimum Gasteiger partial charge on any atom is -0.495 e. The first kappa shape index (κ1) is 11.0. The zero-order valence-corrected chi connectivity index (χ0v) is 8.72. The van der Waals surface area contributed by atoms with Gasteiger partial charge in [0.05, 0.1) is 7.11 Å². The molecule has 0 aromatic heterocycles. The molecule has 75 valence electrons. The molecule has 0 N–H and O–H groups in total. The Labute approximate surface area is 85.9 Å². The fourth-order valence-electron chi connectivity index (χ4n) is 0.933. The molecular formula is C8H6ClO4S. The van der Waals surface area contributed by atoms with Crippen LogP contribution in [0.4, 0.5) is 0 Å². The van der Waals surface area contributed by atoms with Gasteiger partial charge in [-0.05, 0) is 18.2 Å². The van der Waals surface area contributed by atoms with Gasteiger partial charge < -0.3 is 4.74 Å². The lowest BCUT2D eigenvalue weighted by Gasteiger charge is -2.04. The van der Waals surface area contributed by atoms with E-state index in [1.165, 1.54) is 25.3 Å². The predicted octanol–water partition coefficient (Wildman–Crippen LogP) is 1.08. The zero-order valence-electron chi connectivity index (χ0n) is 7.15. The Hall–Kier alpha value is -1.07. The lowest BCUT2D eigenvalue weighted by atomic mass is 10.2. The molecule has 14 heavy (non-hydrogen) atoms. The molecule has 0 bridgehead atoms. The average molecular weight is 234 g/mol. The Morgan fingerprint density at radius 3 is 2.50 bits per heavy atom. The molecule has 0 heterocycles. The summed E-state index contributed by atoms with van der Waals surface area (Å²) in [5, 5.41) is 0. The van der Waals surface area contributed by atoms with Crippen molar-refractivity contribution in [2.24, 2.45) is 0 Å². The standard InChI is InChI=1S/C8H6ClO4S/c1-13-7-4-6(5-10)2-3-8(7)14(9,11)12/h2-4H,1H3. The van der Waals surface area contributed by atoms with E-state index in [1.54, 1.807) is 6.29 Å². The van der Waals surface area contributed by atoms with E-state index < -0.39 is 9.05 Å². The Morgan fingerprint density at radius 1 is 1.43 bits per heavy atom. The molecule has 1 aromatic carbocycles. The Morgan fingerprint density at radius 2 is 2.07 bits per heavy atom. The Kier molecular flexibility index (Phi) is 3.13. The van der Waals surface area contributed by atoms with E-state index in [-0.39, 0.29) is 16.2 Å². The molecule has 0 saturated heterocycles. The molecule has 1 aromatic rings. The highest BCUT2D eigenvalue weighted by atomic mass is 35.7. The van der Waals surface area contributed by atoms with Gasteiger partial charge in [-0.25, -0.2) is 8.42 Å². The second-order valence-corrected chi connectivity index (χ2v) is 4.94. The van der Waals surface area contributed by atoms with Crippen LogP contribution in [0, 0.1) is 0 Å². The number of carbonyl (C=O) groups excluding carboxylic acids is 1. The molecular weight excluding hydrogens is 228 g/mol. The van der Waals surface area contributed by atoms with Gasteiger partial charge in [0.2, 0.25) is 6.29 Å². The van der Waals surface area contributed by atoms with Gasteiger partial charge in [0, 0.05) is 16.2 Å². The third kappa shape index (κ3) is 2.24. The molecule has 0 aliphatic rings. The van der Waals surface area contributed by atoms with Gasteiger partial charge in [-0.3, -0.25) is 4.79 Å². The molecule has 6 heteroatoms. The summed E-state index contributed by atoms with van der Waals surface area (Å²) in [4.78, 5) is 10.1. The Balaban J connectivity index is 3.40. The molecule has 0 fully saturated rings. The monoisotopic (exact) mass is 233 g/mol. The number of halogens is 1. The smallest absolute Gasteiger partial charge is 0.264 e. The molecule has 1 rings (SSSR count). The van der Waals surface area contributed by atoms with Crippen molar-refractivity contribution in [3.8, 4) is 5.75 Å². The van der Waals surface area contributed by atoms with Crippen molar-refractivity contribution in [3.05, 3.63) is 23.8 Å². The molecule has 1 radical (unpaired) electrons. The van der Waals surface area contributed by atoms with E-state index in [1.807, 2.05) is 0 Å². The SMILES string of the molecule is COc1cc([C]=O)ccc1S(=O)(=O)Cl. The summed E-state index contributed by atoms with van der Waals surface area (Å²) in [7, 11) is 2.57. The van der Waals surface area contributed by atoms with Gasteiger partial charge in [0.15, 0.2) is 0 Å². The number of hydrogen-bond acceptors (Lipinski definition) is 4. The van der Waals surface area contributed by atoms with Gasteiger partial charge in [0.1, 0.15) is 10.6 Å². The van der Waals surface area contributed by atoms with E-state index in [0.29, 0.717) is 0 Å². The highest BCUT2D eigenvalue weighted by molar-refractivity contribution is 8.13. The largest absolute Gasteiger partial charge is 0.495 e. The number of methoxy groups -OCH3 is 1. The van der Waals surface area contributed by atoms with Gasteiger partial charge in [0.25, 0.3) is 9.05 Å². The highest BCUT2D eigenvalue weighted by Crippen LogP contribution is 2.27. The lowest BCUT2D eigenvalue weighted by Crippen LogP contribution is -1.97. The topological polar surface area (TPSA) is 60.4 Å². The van der Waals surface area contributed by atoms with Gasteiger partial charge in [-0.15, -0.1) is 0 Å². The molecule has 0 spiro atoms. The summed E-state index contributed by atoms with van der Waals surface area (Å²) in [5.74, 6) is 0.0286. The second-order valence-electron chi connectivity index (χ2n) is 2.41. The molecule has 0 aliphatic carbocycles. The lowest BCUT2D eigenvalue weighted by molar-refractivity contribution is 0.403. The summed E-state index contributed by atoms with van der Waals surface area (Å²) in [6, 6.07) is 3.74. The molecule has 0 amide bonds. The van der Waals surface area contributed by atoms with Crippen LogP contribution >= 0.6 is 10.7 Å². The number of benzene rings is 1. The summed E-state index contributed by atoms with van der Waals surface area (Å²) in [5.41, 5.74) is 0.200. The third-order valence-corrected chi connectivity index (χ3v) is 2.91. The van der Waals surface area contributed by atoms with Crippen molar-refractivity contribution in [3.63, 3.8) is 0 Å². The normalized spacial score (nSPS) is 11.0. The van der Waals surface area contributed by atoms with Crippen LogP contribution in [-0.4, -0.2) is 21.8 Å². The number of ether oxygens (including phenoxy) is 1. The molecule has 0 unspecified atom stereocenters. The highest BCUT2D eigenvalue weighted by Gasteiger charge is 2.16. The average Bonchev–Trinajstić information content (AvgIpc) is 2.15. The van der Waals surface area contributed by atoms with Gasteiger partial charge >= 0.3 is 0 Å². The molecule has 0 saturated carbocycles.